The maximum absolute atomic E-state index is 12.3. The van der Waals surface area contributed by atoms with Crippen LogP contribution in [0.15, 0.2) is 65.7 Å². The van der Waals surface area contributed by atoms with Crippen molar-refractivity contribution in [1.29, 1.82) is 0 Å². The third-order valence-corrected chi connectivity index (χ3v) is 6.35. The topological polar surface area (TPSA) is 77.6 Å². The zero-order valence-corrected chi connectivity index (χ0v) is 19.7. The number of likely N-dealkylation sites (N-methyl/N-ethyl adjacent to an activating group) is 1. The Morgan fingerprint density at radius 3 is 2.56 bits per heavy atom. The highest BCUT2D eigenvalue weighted by molar-refractivity contribution is 5.76. The Hall–Kier alpha value is -3.91. The van der Waals surface area contributed by atoms with Gasteiger partial charge in [0.2, 0.25) is 0 Å². The first kappa shape index (κ1) is 21.9. The van der Waals surface area contributed by atoms with E-state index in [1.807, 2.05) is 24.3 Å². The summed E-state index contributed by atoms with van der Waals surface area (Å²) in [5.74, 6) is 0.589. The Bertz CT molecular complexity index is 1360. The van der Waals surface area contributed by atoms with E-state index in [0.717, 1.165) is 37.6 Å². The number of rotatable bonds is 5. The minimum Gasteiger partial charge on any atom is -0.426 e. The van der Waals surface area contributed by atoms with E-state index in [1.165, 1.54) is 11.3 Å². The third-order valence-electron chi connectivity index (χ3n) is 6.35. The number of aromatic amines is 1. The molecule has 0 aliphatic carbocycles. The second-order valence-corrected chi connectivity index (χ2v) is 8.68. The lowest BCUT2D eigenvalue weighted by Crippen LogP contribution is -2.44. The molecule has 8 heteroatoms. The summed E-state index contributed by atoms with van der Waals surface area (Å²) in [5.41, 5.74) is 4.91. The molecule has 5 rings (SSSR count). The zero-order chi connectivity index (χ0) is 23.7. The Labute approximate surface area is 198 Å². The van der Waals surface area contributed by atoms with Gasteiger partial charge in [-0.05, 0) is 62.0 Å². The van der Waals surface area contributed by atoms with Gasteiger partial charge in [0, 0.05) is 56.5 Å². The number of ether oxygens (including phenoxy) is 1. The Morgan fingerprint density at radius 1 is 1.03 bits per heavy atom. The first-order valence-electron chi connectivity index (χ1n) is 11.4. The number of nitrogens with one attached hydrogen (secondary N) is 1. The lowest BCUT2D eigenvalue weighted by Gasteiger charge is -2.35. The van der Waals surface area contributed by atoms with Crippen molar-refractivity contribution < 1.29 is 4.74 Å². The van der Waals surface area contributed by atoms with Crippen LogP contribution in [0.5, 0.6) is 11.8 Å². The second-order valence-electron chi connectivity index (χ2n) is 8.68. The molecule has 0 bridgehead atoms. The van der Waals surface area contributed by atoms with Crippen molar-refractivity contribution >= 4 is 28.0 Å². The van der Waals surface area contributed by atoms with Gasteiger partial charge in [-0.2, -0.15) is 4.98 Å². The minimum atomic E-state index is -0.255. The fourth-order valence-corrected chi connectivity index (χ4v) is 4.23. The summed E-state index contributed by atoms with van der Waals surface area (Å²) in [7, 11) is 4.24. The SMILES string of the molecule is Cc1ccc(N2CCN(C)CC2)cc1N(C)c1ccc(Oc2nc3cnccc3c(=O)[nH]2)cc1. The summed E-state index contributed by atoms with van der Waals surface area (Å²) >= 11 is 0. The monoisotopic (exact) mass is 456 g/mol. The quantitative estimate of drug-likeness (QED) is 0.487. The summed E-state index contributed by atoms with van der Waals surface area (Å²) < 4.78 is 5.81. The Balaban J connectivity index is 1.34. The van der Waals surface area contributed by atoms with Gasteiger partial charge in [0.25, 0.3) is 5.56 Å². The van der Waals surface area contributed by atoms with Crippen molar-refractivity contribution in [3.8, 4) is 11.8 Å². The molecule has 4 aromatic rings. The van der Waals surface area contributed by atoms with Gasteiger partial charge in [-0.25, -0.2) is 0 Å². The molecule has 3 heterocycles. The van der Waals surface area contributed by atoms with Crippen molar-refractivity contribution in [2.24, 2.45) is 0 Å². The highest BCUT2D eigenvalue weighted by atomic mass is 16.5. The van der Waals surface area contributed by atoms with Gasteiger partial charge >= 0.3 is 6.01 Å². The summed E-state index contributed by atoms with van der Waals surface area (Å²) in [4.78, 5) is 30.3. The highest BCUT2D eigenvalue weighted by Gasteiger charge is 2.16. The predicted octanol–water partition coefficient (Wildman–Crippen LogP) is 3.94. The van der Waals surface area contributed by atoms with Crippen LogP contribution in [0.1, 0.15) is 5.56 Å². The number of pyridine rings is 1. The van der Waals surface area contributed by atoms with Crippen LogP contribution in [0.4, 0.5) is 17.1 Å². The number of H-pyrrole nitrogens is 1. The predicted molar refractivity (Wildman–Crippen MR) is 136 cm³/mol. The van der Waals surface area contributed by atoms with E-state index in [0.29, 0.717) is 16.7 Å². The van der Waals surface area contributed by atoms with E-state index in [2.05, 4.69) is 68.9 Å². The van der Waals surface area contributed by atoms with Gasteiger partial charge in [0.1, 0.15) is 5.75 Å². The van der Waals surface area contributed by atoms with Crippen molar-refractivity contribution in [2.75, 3.05) is 50.1 Å². The van der Waals surface area contributed by atoms with Crippen LogP contribution in [-0.2, 0) is 0 Å². The number of nitrogens with zero attached hydrogens (tertiary/aromatic N) is 5. The largest absolute Gasteiger partial charge is 0.426 e. The average Bonchev–Trinajstić information content (AvgIpc) is 2.85. The summed E-state index contributed by atoms with van der Waals surface area (Å²) in [6, 6.07) is 16.2. The van der Waals surface area contributed by atoms with E-state index >= 15 is 0 Å². The summed E-state index contributed by atoms with van der Waals surface area (Å²) in [6.07, 6.45) is 3.12. The van der Waals surface area contributed by atoms with Crippen LogP contribution in [0.25, 0.3) is 10.9 Å². The molecule has 1 saturated heterocycles. The Kier molecular flexibility index (Phi) is 5.90. The van der Waals surface area contributed by atoms with E-state index in [4.69, 9.17) is 4.74 Å². The van der Waals surface area contributed by atoms with Gasteiger partial charge in [-0.1, -0.05) is 6.07 Å². The van der Waals surface area contributed by atoms with Crippen LogP contribution in [0.2, 0.25) is 0 Å². The zero-order valence-electron chi connectivity index (χ0n) is 19.7. The lowest BCUT2D eigenvalue weighted by atomic mass is 10.1. The standard InChI is InChI=1S/C26H28N6O2/c1-18-4-5-20(32-14-12-30(2)13-15-32)16-24(18)31(3)19-6-8-21(9-7-19)34-26-28-23-17-27-11-10-22(23)25(33)29-26/h4-11,16-17H,12-15H2,1-3H3,(H,28,29,33). The minimum absolute atomic E-state index is 0.141. The fourth-order valence-electron chi connectivity index (χ4n) is 4.23. The van der Waals surface area contributed by atoms with E-state index in [1.54, 1.807) is 18.5 Å². The number of hydrogen-bond donors (Lipinski definition) is 1. The van der Waals surface area contributed by atoms with Crippen molar-refractivity contribution in [1.82, 2.24) is 19.9 Å². The molecule has 0 radical (unpaired) electrons. The molecule has 1 aliphatic rings. The highest BCUT2D eigenvalue weighted by Crippen LogP contribution is 2.32. The molecular formula is C26H28N6O2. The Morgan fingerprint density at radius 2 is 1.79 bits per heavy atom. The molecular weight excluding hydrogens is 428 g/mol. The maximum atomic E-state index is 12.3. The van der Waals surface area contributed by atoms with Gasteiger partial charge in [0.15, 0.2) is 0 Å². The molecule has 0 unspecified atom stereocenters. The molecule has 1 aliphatic heterocycles. The van der Waals surface area contributed by atoms with E-state index in [-0.39, 0.29) is 11.6 Å². The lowest BCUT2D eigenvalue weighted by molar-refractivity contribution is 0.313. The molecule has 34 heavy (non-hydrogen) atoms. The number of hydrogen-bond acceptors (Lipinski definition) is 7. The molecule has 0 spiro atoms. The number of fused-ring (bicyclic) bond motifs is 1. The van der Waals surface area contributed by atoms with E-state index in [9.17, 15) is 4.79 Å². The average molecular weight is 457 g/mol. The fraction of sp³-hybridized carbons (Fsp3) is 0.269. The molecule has 8 nitrogen and oxygen atoms in total. The summed E-state index contributed by atoms with van der Waals surface area (Å²) in [5, 5.41) is 0.480. The first-order valence-corrected chi connectivity index (χ1v) is 11.4. The normalized spacial score (nSPS) is 14.4. The smallest absolute Gasteiger partial charge is 0.302 e. The maximum Gasteiger partial charge on any atom is 0.302 e. The molecule has 1 N–H and O–H groups in total. The number of benzene rings is 2. The molecule has 0 atom stereocenters. The molecule has 2 aromatic carbocycles. The van der Waals surface area contributed by atoms with Gasteiger partial charge in [-0.3, -0.25) is 14.8 Å². The molecule has 2 aromatic heterocycles. The molecule has 0 saturated carbocycles. The molecule has 1 fully saturated rings. The number of aromatic nitrogens is 3. The van der Waals surface area contributed by atoms with Gasteiger partial charge < -0.3 is 19.4 Å². The second kappa shape index (κ2) is 9.15. The number of anilines is 3. The third kappa shape index (κ3) is 4.45. The van der Waals surface area contributed by atoms with Crippen LogP contribution in [0.3, 0.4) is 0 Å². The number of piperazine rings is 1. The van der Waals surface area contributed by atoms with Crippen LogP contribution in [0, 0.1) is 6.92 Å². The van der Waals surface area contributed by atoms with E-state index < -0.39 is 0 Å². The van der Waals surface area contributed by atoms with Crippen molar-refractivity contribution in [3.05, 3.63) is 76.8 Å². The van der Waals surface area contributed by atoms with Crippen LogP contribution in [-0.4, -0.2) is 60.1 Å². The molecule has 0 amide bonds. The van der Waals surface area contributed by atoms with Gasteiger partial charge in [0.05, 0.1) is 17.1 Å². The summed E-state index contributed by atoms with van der Waals surface area (Å²) in [6.45, 7) is 6.36. The first-order chi connectivity index (χ1) is 16.5. The van der Waals surface area contributed by atoms with Crippen molar-refractivity contribution in [2.45, 2.75) is 6.92 Å². The van der Waals surface area contributed by atoms with Crippen LogP contribution < -0.4 is 20.1 Å². The number of aryl methyl sites for hydroxylation is 1. The van der Waals surface area contributed by atoms with Crippen LogP contribution >= 0.6 is 0 Å². The van der Waals surface area contributed by atoms with Gasteiger partial charge in [-0.15, -0.1) is 0 Å². The molecule has 174 valence electrons. The van der Waals surface area contributed by atoms with Crippen molar-refractivity contribution in [3.63, 3.8) is 0 Å².